The lowest BCUT2D eigenvalue weighted by atomic mass is 9.97. The number of sulfonamides is 1. The monoisotopic (exact) mass is 427 g/mol. The standard InChI is InChI=1S/C17H25N5O6S/c1-17(2,3)28-15(23)11-7-6-10-22(14(18)13(11)20-21-16(24)25)29(26,27)12-8-4-5-9-19-12/h4-5,8-9,11,14,21H,6-7,10,18H2,1-3H3,(H,24,25). The summed E-state index contributed by atoms with van der Waals surface area (Å²) in [6, 6.07) is 4.42. The van der Waals surface area contributed by atoms with Gasteiger partial charge in [0.1, 0.15) is 11.8 Å². The second-order valence-electron chi connectivity index (χ2n) is 7.41. The van der Waals surface area contributed by atoms with E-state index in [4.69, 9.17) is 15.6 Å². The van der Waals surface area contributed by atoms with Crippen LogP contribution in [0, 0.1) is 5.92 Å². The summed E-state index contributed by atoms with van der Waals surface area (Å²) in [5, 5.41) is 12.4. The van der Waals surface area contributed by atoms with Crippen LogP contribution in [-0.2, 0) is 19.6 Å². The first-order chi connectivity index (χ1) is 13.4. The van der Waals surface area contributed by atoms with Crippen molar-refractivity contribution in [1.29, 1.82) is 0 Å². The first kappa shape index (κ1) is 22.7. The molecule has 0 saturated carbocycles. The van der Waals surface area contributed by atoms with Gasteiger partial charge in [-0.2, -0.15) is 9.41 Å². The maximum absolute atomic E-state index is 13.0. The molecule has 1 amide bonds. The first-order valence-electron chi connectivity index (χ1n) is 8.91. The predicted molar refractivity (Wildman–Crippen MR) is 103 cm³/mol. The SMILES string of the molecule is CC(C)(C)OC(=O)C1CCCN(S(=O)(=O)c2ccccn2)C(N)C1=NNC(=O)O. The third-order valence-electron chi connectivity index (χ3n) is 4.02. The normalized spacial score (nSPS) is 22.7. The van der Waals surface area contributed by atoms with Crippen molar-refractivity contribution in [3.8, 4) is 0 Å². The fraction of sp³-hybridized carbons (Fsp3) is 0.529. The van der Waals surface area contributed by atoms with Crippen molar-refractivity contribution in [2.24, 2.45) is 16.8 Å². The minimum atomic E-state index is -4.10. The van der Waals surface area contributed by atoms with E-state index in [-0.39, 0.29) is 30.1 Å². The highest BCUT2D eigenvalue weighted by atomic mass is 32.2. The van der Waals surface area contributed by atoms with Crippen molar-refractivity contribution < 1.29 is 27.9 Å². The van der Waals surface area contributed by atoms with E-state index in [1.54, 1.807) is 26.8 Å². The number of nitrogens with one attached hydrogen (secondary N) is 1. The Balaban J connectivity index is 2.45. The van der Waals surface area contributed by atoms with Crippen molar-refractivity contribution in [3.05, 3.63) is 24.4 Å². The van der Waals surface area contributed by atoms with Crippen LogP contribution in [0.4, 0.5) is 4.79 Å². The molecule has 160 valence electrons. The van der Waals surface area contributed by atoms with Gasteiger partial charge in [0.2, 0.25) is 0 Å². The molecule has 1 saturated heterocycles. The lowest BCUT2D eigenvalue weighted by molar-refractivity contribution is -0.157. The molecule has 0 bridgehead atoms. The summed E-state index contributed by atoms with van der Waals surface area (Å²) in [5.41, 5.74) is 7.05. The molecule has 2 atom stereocenters. The van der Waals surface area contributed by atoms with Crippen molar-refractivity contribution in [1.82, 2.24) is 14.7 Å². The molecule has 4 N–H and O–H groups in total. The van der Waals surface area contributed by atoms with Gasteiger partial charge < -0.3 is 15.6 Å². The predicted octanol–water partition coefficient (Wildman–Crippen LogP) is 0.732. The minimum absolute atomic E-state index is 0.00542. The van der Waals surface area contributed by atoms with Crippen molar-refractivity contribution >= 4 is 27.8 Å². The number of amides is 1. The van der Waals surface area contributed by atoms with Gasteiger partial charge >= 0.3 is 12.1 Å². The number of hydrogen-bond acceptors (Lipinski definition) is 8. The Morgan fingerprint density at radius 2 is 2.07 bits per heavy atom. The highest BCUT2D eigenvalue weighted by molar-refractivity contribution is 7.89. The molecule has 11 nitrogen and oxygen atoms in total. The second kappa shape index (κ2) is 8.84. The van der Waals surface area contributed by atoms with Gasteiger partial charge in [-0.05, 0) is 45.7 Å². The molecule has 1 aromatic heterocycles. The van der Waals surface area contributed by atoms with Gasteiger partial charge in [0.15, 0.2) is 5.03 Å². The van der Waals surface area contributed by atoms with Crippen LogP contribution >= 0.6 is 0 Å². The zero-order chi connectivity index (χ0) is 21.8. The molecular formula is C17H25N5O6S. The summed E-state index contributed by atoms with van der Waals surface area (Å²) in [5.74, 6) is -1.66. The molecule has 2 unspecified atom stereocenters. The molecule has 1 aliphatic rings. The lowest BCUT2D eigenvalue weighted by Gasteiger charge is -2.28. The maximum atomic E-state index is 13.0. The van der Waals surface area contributed by atoms with Crippen LogP contribution in [0.2, 0.25) is 0 Å². The van der Waals surface area contributed by atoms with Gasteiger partial charge in [0, 0.05) is 12.7 Å². The fourth-order valence-electron chi connectivity index (χ4n) is 2.85. The molecule has 29 heavy (non-hydrogen) atoms. The molecular weight excluding hydrogens is 402 g/mol. The van der Waals surface area contributed by atoms with Crippen molar-refractivity contribution in [3.63, 3.8) is 0 Å². The molecule has 0 spiro atoms. The number of nitrogens with zero attached hydrogens (tertiary/aromatic N) is 3. The summed E-state index contributed by atoms with van der Waals surface area (Å²) in [6.07, 6.45) is -1.04. The number of hydrazone groups is 1. The number of nitrogens with two attached hydrogens (primary N) is 1. The zero-order valence-electron chi connectivity index (χ0n) is 16.4. The first-order valence-corrected chi connectivity index (χ1v) is 10.3. The number of rotatable bonds is 4. The Morgan fingerprint density at radius 3 is 2.62 bits per heavy atom. The number of ether oxygens (including phenoxy) is 1. The van der Waals surface area contributed by atoms with Crippen LogP contribution < -0.4 is 11.2 Å². The number of carbonyl (C=O) groups excluding carboxylic acids is 1. The van der Waals surface area contributed by atoms with E-state index in [0.717, 1.165) is 4.31 Å². The molecule has 0 aliphatic carbocycles. The van der Waals surface area contributed by atoms with Crippen LogP contribution in [-0.4, -0.2) is 58.9 Å². The van der Waals surface area contributed by atoms with Crippen molar-refractivity contribution in [2.45, 2.75) is 50.4 Å². The summed E-state index contributed by atoms with van der Waals surface area (Å²) in [4.78, 5) is 27.5. The van der Waals surface area contributed by atoms with Crippen LogP contribution in [0.15, 0.2) is 34.5 Å². The highest BCUT2D eigenvalue weighted by Gasteiger charge is 2.42. The minimum Gasteiger partial charge on any atom is -0.464 e. The summed E-state index contributed by atoms with van der Waals surface area (Å²) < 4.78 is 32.4. The summed E-state index contributed by atoms with van der Waals surface area (Å²) in [6.45, 7) is 5.06. The van der Waals surface area contributed by atoms with Crippen molar-refractivity contribution in [2.75, 3.05) is 6.54 Å². The molecule has 1 aromatic rings. The molecule has 0 radical (unpaired) electrons. The molecule has 1 aliphatic heterocycles. The number of aromatic nitrogens is 1. The summed E-state index contributed by atoms with van der Waals surface area (Å²) in [7, 11) is -4.10. The summed E-state index contributed by atoms with van der Waals surface area (Å²) >= 11 is 0. The number of hydrogen-bond donors (Lipinski definition) is 3. The van der Waals surface area contributed by atoms with Crippen LogP contribution in [0.5, 0.6) is 0 Å². The second-order valence-corrected chi connectivity index (χ2v) is 9.25. The molecule has 2 heterocycles. The Labute approximate surface area is 169 Å². The Kier molecular flexibility index (Phi) is 6.93. The Morgan fingerprint density at radius 1 is 1.38 bits per heavy atom. The number of carbonyl (C=O) groups is 2. The topological polar surface area (TPSA) is 164 Å². The number of esters is 1. The molecule has 2 rings (SSSR count). The number of carboxylic acid groups (broad SMARTS) is 1. The maximum Gasteiger partial charge on any atom is 0.425 e. The average molecular weight is 427 g/mol. The van der Waals surface area contributed by atoms with Gasteiger partial charge in [-0.3, -0.25) is 4.79 Å². The number of pyridine rings is 1. The lowest BCUT2D eigenvalue weighted by Crippen LogP contribution is -2.53. The van der Waals surface area contributed by atoms with Gasteiger partial charge in [-0.25, -0.2) is 23.6 Å². The molecule has 0 aromatic carbocycles. The van der Waals surface area contributed by atoms with E-state index in [1.165, 1.54) is 18.3 Å². The van der Waals surface area contributed by atoms with E-state index in [0.29, 0.717) is 0 Å². The quantitative estimate of drug-likeness (QED) is 0.467. The van der Waals surface area contributed by atoms with E-state index >= 15 is 0 Å². The van der Waals surface area contributed by atoms with E-state index in [1.807, 2.05) is 5.43 Å². The van der Waals surface area contributed by atoms with Gasteiger partial charge in [0.05, 0.1) is 11.6 Å². The van der Waals surface area contributed by atoms with Crippen LogP contribution in [0.3, 0.4) is 0 Å². The van der Waals surface area contributed by atoms with E-state index in [9.17, 15) is 18.0 Å². The van der Waals surface area contributed by atoms with Crippen LogP contribution in [0.1, 0.15) is 33.6 Å². The molecule has 12 heteroatoms. The third kappa shape index (κ3) is 5.71. The Hall–Kier alpha value is -2.57. The van der Waals surface area contributed by atoms with E-state index in [2.05, 4.69) is 10.1 Å². The fourth-order valence-corrected chi connectivity index (χ4v) is 4.31. The Bertz CT molecular complexity index is 881. The van der Waals surface area contributed by atoms with Gasteiger partial charge in [-0.1, -0.05) is 6.07 Å². The largest absolute Gasteiger partial charge is 0.464 e. The van der Waals surface area contributed by atoms with E-state index < -0.39 is 39.8 Å². The zero-order valence-corrected chi connectivity index (χ0v) is 17.2. The smallest absolute Gasteiger partial charge is 0.425 e. The molecule has 1 fully saturated rings. The van der Waals surface area contributed by atoms with Crippen LogP contribution in [0.25, 0.3) is 0 Å². The van der Waals surface area contributed by atoms with Gasteiger partial charge in [-0.15, -0.1) is 0 Å². The average Bonchev–Trinajstić information content (AvgIpc) is 2.78. The highest BCUT2D eigenvalue weighted by Crippen LogP contribution is 2.26. The van der Waals surface area contributed by atoms with Gasteiger partial charge in [0.25, 0.3) is 10.0 Å². The third-order valence-corrected chi connectivity index (χ3v) is 5.82.